The van der Waals surface area contributed by atoms with Gasteiger partial charge in [0.25, 0.3) is 5.91 Å². The number of ketones is 1. The van der Waals surface area contributed by atoms with Gasteiger partial charge in [0, 0.05) is 4.88 Å². The van der Waals surface area contributed by atoms with Gasteiger partial charge in [-0.05, 0) is 65.2 Å². The first-order valence-electron chi connectivity index (χ1n) is 8.08. The minimum absolute atomic E-state index is 0.0309. The average Bonchev–Trinajstić information content (AvgIpc) is 3.41. The number of thiophene rings is 1. The molecule has 1 aliphatic heterocycles. The van der Waals surface area contributed by atoms with Crippen LogP contribution in [-0.4, -0.2) is 21.7 Å². The second-order valence-electron chi connectivity index (χ2n) is 6.06. The van der Waals surface area contributed by atoms with E-state index < -0.39 is 23.5 Å². The molecule has 4 heterocycles. The zero-order valence-corrected chi connectivity index (χ0v) is 17.1. The Hall–Kier alpha value is -2.33. The van der Waals surface area contributed by atoms with Gasteiger partial charge in [-0.25, -0.2) is 0 Å². The Kier molecular flexibility index (Phi) is 4.68. The molecule has 0 radical (unpaired) electrons. The number of furan rings is 2. The van der Waals surface area contributed by atoms with E-state index in [1.807, 2.05) is 40.1 Å². The fourth-order valence-corrected chi connectivity index (χ4v) is 4.22. The monoisotopic (exact) mass is 495 g/mol. The Morgan fingerprint density at radius 3 is 2.67 bits per heavy atom. The zero-order chi connectivity index (χ0) is 19.1. The molecule has 0 spiro atoms. The Bertz CT molecular complexity index is 1050. The molecule has 0 saturated heterocycles. The van der Waals surface area contributed by atoms with Crippen LogP contribution < -0.4 is 0 Å². The summed E-state index contributed by atoms with van der Waals surface area (Å²) in [6.07, 6.45) is 0. The Morgan fingerprint density at radius 2 is 2.07 bits per heavy atom. The van der Waals surface area contributed by atoms with E-state index >= 15 is 0 Å². The molecule has 1 aliphatic rings. The summed E-state index contributed by atoms with van der Waals surface area (Å²) in [7, 11) is 0. The van der Waals surface area contributed by atoms with Crippen LogP contribution >= 0.6 is 33.9 Å². The summed E-state index contributed by atoms with van der Waals surface area (Å²) in [5, 5.41) is 12.4. The van der Waals surface area contributed by atoms with Gasteiger partial charge in [0.15, 0.2) is 15.3 Å². The van der Waals surface area contributed by atoms with Crippen molar-refractivity contribution in [2.75, 3.05) is 0 Å². The van der Waals surface area contributed by atoms with Crippen molar-refractivity contribution in [1.29, 1.82) is 0 Å². The number of Topliss-reactive ketones (excluding diaryl/α,β-unsaturated/α-hetero) is 1. The van der Waals surface area contributed by atoms with Crippen molar-refractivity contribution in [3.8, 4) is 0 Å². The summed E-state index contributed by atoms with van der Waals surface area (Å²) >= 11 is 3.51. The zero-order valence-electron chi connectivity index (χ0n) is 14.1. The van der Waals surface area contributed by atoms with E-state index in [2.05, 4.69) is 0 Å². The van der Waals surface area contributed by atoms with Crippen molar-refractivity contribution in [2.45, 2.75) is 19.5 Å². The number of carbonyl (C=O) groups is 2. The van der Waals surface area contributed by atoms with E-state index in [1.54, 1.807) is 25.1 Å². The smallest absolute Gasteiger partial charge is 0.290 e. The van der Waals surface area contributed by atoms with Crippen molar-refractivity contribution in [2.24, 2.45) is 0 Å². The molecule has 0 fully saturated rings. The normalized spacial score (nSPS) is 17.2. The van der Waals surface area contributed by atoms with E-state index in [0.29, 0.717) is 15.3 Å². The van der Waals surface area contributed by atoms with Gasteiger partial charge in [0.1, 0.15) is 17.6 Å². The summed E-state index contributed by atoms with van der Waals surface area (Å²) in [6, 6.07) is 9.62. The van der Waals surface area contributed by atoms with E-state index in [9.17, 15) is 14.7 Å². The topological polar surface area (TPSA) is 83.9 Å². The largest absolute Gasteiger partial charge is 0.503 e. The molecule has 1 atom stereocenters. The van der Waals surface area contributed by atoms with Crippen LogP contribution in [0, 0.1) is 10.7 Å². The third-order valence-electron chi connectivity index (χ3n) is 4.28. The first-order valence-corrected chi connectivity index (χ1v) is 10.0. The summed E-state index contributed by atoms with van der Waals surface area (Å²) < 4.78 is 11.7. The molecule has 1 N–H and O–H groups in total. The molecule has 27 heavy (non-hydrogen) atoms. The molecule has 6 nitrogen and oxygen atoms in total. The first-order chi connectivity index (χ1) is 13.0. The average molecular weight is 495 g/mol. The maximum absolute atomic E-state index is 13.0. The summed E-state index contributed by atoms with van der Waals surface area (Å²) in [4.78, 5) is 28.2. The number of carbonyl (C=O) groups excluding carboxylic acids is 2. The van der Waals surface area contributed by atoms with Crippen molar-refractivity contribution in [3.63, 3.8) is 0 Å². The van der Waals surface area contributed by atoms with E-state index in [4.69, 9.17) is 8.83 Å². The predicted molar refractivity (Wildman–Crippen MR) is 106 cm³/mol. The molecule has 1 amide bonds. The molecule has 4 rings (SSSR count). The molecule has 8 heteroatoms. The Balaban J connectivity index is 1.79. The number of hydrogen-bond donors (Lipinski definition) is 1. The number of aliphatic hydroxyl groups excluding tert-OH is 1. The van der Waals surface area contributed by atoms with Crippen molar-refractivity contribution >= 4 is 45.6 Å². The third kappa shape index (κ3) is 3.23. The maximum atomic E-state index is 13.0. The highest BCUT2D eigenvalue weighted by molar-refractivity contribution is 14.1. The summed E-state index contributed by atoms with van der Waals surface area (Å²) in [6.45, 7) is 1.98. The minimum Gasteiger partial charge on any atom is -0.503 e. The lowest BCUT2D eigenvalue weighted by Crippen LogP contribution is -2.30. The van der Waals surface area contributed by atoms with E-state index in [0.717, 1.165) is 4.88 Å². The van der Waals surface area contributed by atoms with Crippen LogP contribution in [0.25, 0.3) is 0 Å². The number of aryl methyl sites for hydroxylation is 1. The molecule has 138 valence electrons. The minimum atomic E-state index is -0.818. The number of amides is 1. The van der Waals surface area contributed by atoms with Gasteiger partial charge in [-0.3, -0.25) is 9.59 Å². The van der Waals surface area contributed by atoms with Gasteiger partial charge >= 0.3 is 0 Å². The van der Waals surface area contributed by atoms with E-state index in [1.165, 1.54) is 22.3 Å². The summed E-state index contributed by atoms with van der Waals surface area (Å²) in [5.74, 6) is -0.638. The molecule has 3 aromatic heterocycles. The predicted octanol–water partition coefficient (Wildman–Crippen LogP) is 4.63. The Morgan fingerprint density at radius 1 is 1.26 bits per heavy atom. The van der Waals surface area contributed by atoms with Crippen LogP contribution in [0.1, 0.15) is 33.0 Å². The lowest BCUT2D eigenvalue weighted by molar-refractivity contribution is -0.130. The lowest BCUT2D eigenvalue weighted by Gasteiger charge is -2.24. The molecular formula is C19H14INO5S. The third-order valence-corrected chi connectivity index (χ3v) is 5.72. The van der Waals surface area contributed by atoms with Gasteiger partial charge < -0.3 is 18.8 Å². The van der Waals surface area contributed by atoms with Crippen LogP contribution in [0.15, 0.2) is 61.9 Å². The molecular weight excluding hydrogens is 481 g/mol. The van der Waals surface area contributed by atoms with Gasteiger partial charge in [0.05, 0.1) is 12.1 Å². The molecule has 0 aliphatic carbocycles. The second kappa shape index (κ2) is 7.01. The van der Waals surface area contributed by atoms with Crippen molar-refractivity contribution < 1.29 is 23.5 Å². The Labute approximate surface area is 172 Å². The van der Waals surface area contributed by atoms with Gasteiger partial charge in [-0.2, -0.15) is 0 Å². The molecule has 0 saturated carbocycles. The number of aliphatic hydroxyl groups is 1. The van der Waals surface area contributed by atoms with E-state index in [-0.39, 0.29) is 17.9 Å². The van der Waals surface area contributed by atoms with Crippen LogP contribution in [0.4, 0.5) is 0 Å². The number of nitrogens with zero attached hydrogens (tertiary/aromatic N) is 1. The van der Waals surface area contributed by atoms with Crippen LogP contribution in [-0.2, 0) is 11.3 Å². The lowest BCUT2D eigenvalue weighted by atomic mass is 10.00. The second-order valence-corrected chi connectivity index (χ2v) is 8.15. The first kappa shape index (κ1) is 18.1. The maximum Gasteiger partial charge on any atom is 0.290 e. The fraction of sp³-hybridized carbons (Fsp3) is 0.158. The highest BCUT2D eigenvalue weighted by Gasteiger charge is 2.46. The highest BCUT2D eigenvalue weighted by atomic mass is 127. The summed E-state index contributed by atoms with van der Waals surface area (Å²) in [5.41, 5.74) is -0.0309. The van der Waals surface area contributed by atoms with Gasteiger partial charge in [0.2, 0.25) is 5.78 Å². The van der Waals surface area contributed by atoms with Gasteiger partial charge in [-0.1, -0.05) is 6.07 Å². The highest BCUT2D eigenvalue weighted by Crippen LogP contribution is 2.41. The van der Waals surface area contributed by atoms with Crippen LogP contribution in [0.2, 0.25) is 0 Å². The SMILES string of the molecule is Cc1ccc(C(=O)C2=C(O)C(=O)N(Cc3cccs3)C2c2ccc(I)o2)o1. The molecule has 0 aromatic carbocycles. The number of hydrogen-bond acceptors (Lipinski definition) is 6. The van der Waals surface area contributed by atoms with Crippen LogP contribution in [0.5, 0.6) is 0 Å². The molecule has 0 bridgehead atoms. The number of rotatable bonds is 5. The molecule has 3 aromatic rings. The quantitative estimate of drug-likeness (QED) is 0.413. The molecule has 1 unspecified atom stereocenters. The van der Waals surface area contributed by atoms with Gasteiger partial charge in [-0.15, -0.1) is 11.3 Å². The van der Waals surface area contributed by atoms with Crippen LogP contribution in [0.3, 0.4) is 0 Å². The fourth-order valence-electron chi connectivity index (χ4n) is 3.08. The standard InChI is InChI=1S/C19H14INO5S/c1-10-4-5-13(25-10)17(22)15-16(12-6-7-14(20)26-12)21(19(24)18(15)23)9-11-3-2-8-27-11/h2-8,16,23H,9H2,1H3. The number of halogens is 1. The van der Waals surface area contributed by atoms with Crippen molar-refractivity contribution in [1.82, 2.24) is 4.90 Å². The van der Waals surface area contributed by atoms with Crippen molar-refractivity contribution in [3.05, 3.63) is 79.0 Å².